The molecule has 1 aromatic rings. The van der Waals surface area contributed by atoms with Crippen molar-refractivity contribution in [1.82, 2.24) is 4.90 Å². The van der Waals surface area contributed by atoms with Crippen LogP contribution in [0.2, 0.25) is 10.0 Å². The number of nitrogens with zero attached hydrogens (tertiary/aromatic N) is 4. The number of halogens is 2. The summed E-state index contributed by atoms with van der Waals surface area (Å²) in [5.74, 6) is -0.238. The third-order valence-corrected chi connectivity index (χ3v) is 4.58. The molecule has 0 aromatic heterocycles. The van der Waals surface area contributed by atoms with Gasteiger partial charge in [0.05, 0.1) is 22.8 Å². The number of benzene rings is 1. The Bertz CT molecular complexity index is 702. The topological polar surface area (TPSA) is 87.5 Å². The zero-order valence-corrected chi connectivity index (χ0v) is 16.5. The lowest BCUT2D eigenvalue weighted by molar-refractivity contribution is 0.0231. The van der Waals surface area contributed by atoms with E-state index in [4.69, 9.17) is 38.2 Å². The average molecular weight is 401 g/mol. The zero-order valence-electron chi connectivity index (χ0n) is 15.0. The van der Waals surface area contributed by atoms with Crippen LogP contribution in [0.3, 0.4) is 0 Å². The fourth-order valence-electron chi connectivity index (χ4n) is 2.74. The second kappa shape index (κ2) is 8.82. The van der Waals surface area contributed by atoms with Gasteiger partial charge in [-0.15, -0.1) is 0 Å². The molecular formula is C17H22Cl2N4O3. The molecule has 0 unspecified atom stereocenters. The Hall–Kier alpha value is -1.66. The molecule has 1 aliphatic heterocycles. The summed E-state index contributed by atoms with van der Waals surface area (Å²) in [6.45, 7) is 6.69. The van der Waals surface area contributed by atoms with Gasteiger partial charge in [0.25, 0.3) is 0 Å². The Kier molecular flexibility index (Phi) is 7.01. The Morgan fingerprint density at radius 2 is 2.15 bits per heavy atom. The van der Waals surface area contributed by atoms with Crippen molar-refractivity contribution in [2.75, 3.05) is 26.2 Å². The maximum atomic E-state index is 12.4. The number of carbonyl (C=O) groups is 1. The van der Waals surface area contributed by atoms with E-state index in [0.29, 0.717) is 29.7 Å². The summed E-state index contributed by atoms with van der Waals surface area (Å²) in [6.07, 6.45) is -0.787. The Morgan fingerprint density at radius 1 is 1.42 bits per heavy atom. The molecule has 2 atom stereocenters. The predicted molar refractivity (Wildman–Crippen MR) is 100 cm³/mol. The summed E-state index contributed by atoms with van der Waals surface area (Å²) in [7, 11) is 0. The summed E-state index contributed by atoms with van der Waals surface area (Å²) in [4.78, 5) is 16.9. The van der Waals surface area contributed by atoms with Crippen molar-refractivity contribution in [1.29, 1.82) is 0 Å². The number of hydrogen-bond donors (Lipinski definition) is 0. The highest BCUT2D eigenvalue weighted by Gasteiger charge is 2.33. The van der Waals surface area contributed by atoms with Gasteiger partial charge in [-0.05, 0) is 44.0 Å². The van der Waals surface area contributed by atoms with Gasteiger partial charge >= 0.3 is 6.09 Å². The van der Waals surface area contributed by atoms with Crippen LogP contribution >= 0.6 is 23.2 Å². The minimum absolute atomic E-state index is 0.181. The molecule has 26 heavy (non-hydrogen) atoms. The Morgan fingerprint density at radius 3 is 2.77 bits per heavy atom. The van der Waals surface area contributed by atoms with E-state index in [1.807, 2.05) is 26.8 Å². The molecular weight excluding hydrogens is 379 g/mol. The van der Waals surface area contributed by atoms with E-state index in [9.17, 15) is 4.79 Å². The number of amides is 1. The van der Waals surface area contributed by atoms with Gasteiger partial charge in [-0.1, -0.05) is 34.4 Å². The molecule has 0 radical (unpaired) electrons. The fourth-order valence-corrected chi connectivity index (χ4v) is 3.05. The van der Waals surface area contributed by atoms with E-state index in [0.717, 1.165) is 5.56 Å². The lowest BCUT2D eigenvalue weighted by Crippen LogP contribution is -2.40. The first-order valence-corrected chi connectivity index (χ1v) is 9.02. The largest absolute Gasteiger partial charge is 0.444 e. The van der Waals surface area contributed by atoms with Crippen LogP contribution in [0.5, 0.6) is 0 Å². The van der Waals surface area contributed by atoms with Crippen LogP contribution in [0, 0.1) is 5.92 Å². The summed E-state index contributed by atoms with van der Waals surface area (Å²) < 4.78 is 11.4. The Balaban J connectivity index is 2.25. The molecule has 0 N–H and O–H groups in total. The van der Waals surface area contributed by atoms with E-state index < -0.39 is 11.7 Å². The first kappa shape index (κ1) is 20.6. The third kappa shape index (κ3) is 5.68. The highest BCUT2D eigenvalue weighted by Crippen LogP contribution is 2.33. The minimum atomic E-state index is -0.590. The molecule has 0 spiro atoms. The fraction of sp³-hybridized carbons (Fsp3) is 0.588. The van der Waals surface area contributed by atoms with Crippen molar-refractivity contribution in [2.45, 2.75) is 32.5 Å². The van der Waals surface area contributed by atoms with E-state index in [1.54, 1.807) is 17.0 Å². The van der Waals surface area contributed by atoms with E-state index in [-0.39, 0.29) is 18.6 Å². The monoisotopic (exact) mass is 400 g/mol. The molecule has 9 heteroatoms. The molecule has 1 aliphatic rings. The number of hydrogen-bond acceptors (Lipinski definition) is 4. The molecule has 1 aromatic carbocycles. The molecule has 1 amide bonds. The van der Waals surface area contributed by atoms with Gasteiger partial charge in [-0.2, -0.15) is 0 Å². The van der Waals surface area contributed by atoms with Gasteiger partial charge in [0.15, 0.2) is 0 Å². The molecule has 142 valence electrons. The number of rotatable bonds is 3. The lowest BCUT2D eigenvalue weighted by atomic mass is 9.95. The lowest BCUT2D eigenvalue weighted by Gasteiger charge is -2.29. The molecule has 0 bridgehead atoms. The molecule has 0 aliphatic carbocycles. The van der Waals surface area contributed by atoms with Crippen molar-refractivity contribution < 1.29 is 14.3 Å². The van der Waals surface area contributed by atoms with Gasteiger partial charge in [-0.25, -0.2) is 4.79 Å². The van der Waals surface area contributed by atoms with Crippen LogP contribution in [0.15, 0.2) is 23.3 Å². The summed E-state index contributed by atoms with van der Waals surface area (Å²) in [6, 6.07) is 5.26. The molecule has 7 nitrogen and oxygen atoms in total. The van der Waals surface area contributed by atoms with E-state index in [2.05, 4.69) is 10.0 Å². The first-order chi connectivity index (χ1) is 12.2. The third-order valence-electron chi connectivity index (χ3n) is 3.84. The second-order valence-corrected chi connectivity index (χ2v) is 7.88. The second-order valence-electron chi connectivity index (χ2n) is 7.06. The van der Waals surface area contributed by atoms with Gasteiger partial charge in [-0.3, -0.25) is 0 Å². The highest BCUT2D eigenvalue weighted by molar-refractivity contribution is 6.42. The van der Waals surface area contributed by atoms with Gasteiger partial charge in [0.1, 0.15) is 5.60 Å². The summed E-state index contributed by atoms with van der Waals surface area (Å²) in [5, 5.41) is 4.55. The zero-order chi connectivity index (χ0) is 19.3. The molecule has 1 heterocycles. The number of ether oxygens (including phenoxy) is 2. The SMILES string of the molecule is CC(C)(C)OC(=O)N1CCO[C@@H](c2ccc(Cl)c(Cl)c2)[C@H](CN=[N+]=[N-])C1. The van der Waals surface area contributed by atoms with Crippen LogP contribution in [-0.2, 0) is 9.47 Å². The Labute approximate surface area is 162 Å². The predicted octanol–water partition coefficient (Wildman–Crippen LogP) is 5.23. The molecule has 0 saturated carbocycles. The molecule has 1 saturated heterocycles. The summed E-state index contributed by atoms with van der Waals surface area (Å²) >= 11 is 12.1. The van der Waals surface area contributed by atoms with Crippen LogP contribution in [-0.4, -0.2) is 42.8 Å². The normalized spacial score (nSPS) is 20.9. The van der Waals surface area contributed by atoms with Gasteiger partial charge < -0.3 is 14.4 Å². The van der Waals surface area contributed by atoms with Crippen molar-refractivity contribution >= 4 is 29.3 Å². The maximum absolute atomic E-state index is 12.4. The average Bonchev–Trinajstić information content (AvgIpc) is 2.76. The van der Waals surface area contributed by atoms with E-state index in [1.165, 1.54) is 0 Å². The van der Waals surface area contributed by atoms with Crippen molar-refractivity contribution in [3.63, 3.8) is 0 Å². The van der Waals surface area contributed by atoms with Crippen LogP contribution in [0.1, 0.15) is 32.4 Å². The molecule has 1 fully saturated rings. The van der Waals surface area contributed by atoms with Crippen molar-refractivity contribution in [2.24, 2.45) is 11.0 Å². The van der Waals surface area contributed by atoms with Crippen LogP contribution < -0.4 is 0 Å². The summed E-state index contributed by atoms with van der Waals surface area (Å²) in [5.41, 5.74) is 8.94. The van der Waals surface area contributed by atoms with Crippen LogP contribution in [0.4, 0.5) is 4.79 Å². The first-order valence-electron chi connectivity index (χ1n) is 8.26. The van der Waals surface area contributed by atoms with Crippen LogP contribution in [0.25, 0.3) is 10.4 Å². The maximum Gasteiger partial charge on any atom is 0.410 e. The standard InChI is InChI=1S/C17H22Cl2N4O3/c1-17(2,3)26-16(24)23-6-7-25-15(12(10-23)9-21-22-20)11-4-5-13(18)14(19)8-11/h4-5,8,12,15H,6-7,9-10H2,1-3H3/t12-,15+/m1/s1. The smallest absolute Gasteiger partial charge is 0.410 e. The molecule has 2 rings (SSSR count). The van der Waals surface area contributed by atoms with E-state index >= 15 is 0 Å². The van der Waals surface area contributed by atoms with Gasteiger partial charge in [0.2, 0.25) is 0 Å². The highest BCUT2D eigenvalue weighted by atomic mass is 35.5. The minimum Gasteiger partial charge on any atom is -0.444 e. The number of carbonyl (C=O) groups excluding carboxylic acids is 1. The quantitative estimate of drug-likeness (QED) is 0.395. The van der Waals surface area contributed by atoms with Crippen molar-refractivity contribution in [3.05, 3.63) is 44.3 Å². The van der Waals surface area contributed by atoms with Gasteiger partial charge in [0, 0.05) is 30.5 Å². The number of azide groups is 1. The van der Waals surface area contributed by atoms with Crippen molar-refractivity contribution in [3.8, 4) is 0 Å².